The van der Waals surface area contributed by atoms with Gasteiger partial charge in [0.1, 0.15) is 5.58 Å². The third-order valence-electron chi connectivity index (χ3n) is 7.94. The highest BCUT2D eigenvalue weighted by Crippen LogP contribution is 2.41. The Balaban J connectivity index is 1.32. The maximum atomic E-state index is 6.37. The molecular formula is C39H26N2O. The van der Waals surface area contributed by atoms with Crippen molar-refractivity contribution < 1.29 is 4.42 Å². The molecule has 0 spiro atoms. The maximum absolute atomic E-state index is 6.37. The zero-order chi connectivity index (χ0) is 27.9. The second kappa shape index (κ2) is 10.1. The van der Waals surface area contributed by atoms with Crippen molar-refractivity contribution in [3.63, 3.8) is 0 Å². The average molecular weight is 539 g/mol. The minimum atomic E-state index is 0.800. The largest absolute Gasteiger partial charge is 0.454 e. The Kier molecular flexibility index (Phi) is 5.79. The van der Waals surface area contributed by atoms with E-state index in [1.54, 1.807) is 6.20 Å². The predicted molar refractivity (Wildman–Crippen MR) is 175 cm³/mol. The van der Waals surface area contributed by atoms with Gasteiger partial charge in [0.15, 0.2) is 5.58 Å². The van der Waals surface area contributed by atoms with Gasteiger partial charge in [0.05, 0.1) is 6.20 Å². The summed E-state index contributed by atoms with van der Waals surface area (Å²) in [5, 5.41) is 4.39. The summed E-state index contributed by atoms with van der Waals surface area (Å²) in [7, 11) is 0. The molecule has 0 atom stereocenters. The molecular weight excluding hydrogens is 512 g/mol. The second-order valence-corrected chi connectivity index (χ2v) is 10.5. The quantitative estimate of drug-likeness (QED) is 0.218. The molecule has 0 aliphatic heterocycles. The first-order chi connectivity index (χ1) is 20.8. The summed E-state index contributed by atoms with van der Waals surface area (Å²) in [6, 6.07) is 51.5. The van der Waals surface area contributed by atoms with Crippen molar-refractivity contribution in [3.8, 4) is 22.3 Å². The summed E-state index contributed by atoms with van der Waals surface area (Å²) in [4.78, 5) is 6.60. The summed E-state index contributed by atoms with van der Waals surface area (Å²) in [5.41, 5.74) is 9.67. The molecule has 198 valence electrons. The molecule has 0 amide bonds. The molecule has 42 heavy (non-hydrogen) atoms. The molecule has 8 rings (SSSR count). The normalized spacial score (nSPS) is 11.3. The molecule has 6 aromatic carbocycles. The van der Waals surface area contributed by atoms with E-state index >= 15 is 0 Å². The molecule has 0 aliphatic rings. The first-order valence-corrected chi connectivity index (χ1v) is 14.1. The van der Waals surface area contributed by atoms with Crippen molar-refractivity contribution in [1.29, 1.82) is 0 Å². The van der Waals surface area contributed by atoms with Crippen LogP contribution in [0.3, 0.4) is 0 Å². The summed E-state index contributed by atoms with van der Waals surface area (Å²) in [6.45, 7) is 0. The standard InChI is InChI=1S/C39H26N2O/c1-3-8-27(9-4-1)29-14-18-32(19-15-29)41(33-13-7-12-31(24-33)28-10-5-2-6-11-28)34-20-16-30-17-21-36-35-22-23-40-26-38(35)42-39(36)37(30)25-34/h1-26H. The van der Waals surface area contributed by atoms with Gasteiger partial charge in [0.25, 0.3) is 0 Å². The van der Waals surface area contributed by atoms with Crippen LogP contribution in [0.4, 0.5) is 17.1 Å². The Bertz CT molecular complexity index is 2180. The Morgan fingerprint density at radius 2 is 1.10 bits per heavy atom. The number of anilines is 3. The van der Waals surface area contributed by atoms with Crippen LogP contribution in [-0.2, 0) is 0 Å². The number of hydrogen-bond donors (Lipinski definition) is 0. The fourth-order valence-corrected chi connectivity index (χ4v) is 5.87. The Labute approximate surface area is 243 Å². The third kappa shape index (κ3) is 4.20. The molecule has 0 unspecified atom stereocenters. The average Bonchev–Trinajstić information content (AvgIpc) is 3.46. The van der Waals surface area contributed by atoms with E-state index in [9.17, 15) is 0 Å². The van der Waals surface area contributed by atoms with Crippen LogP contribution in [0.5, 0.6) is 0 Å². The minimum absolute atomic E-state index is 0.800. The number of aromatic nitrogens is 1. The van der Waals surface area contributed by atoms with E-state index in [-0.39, 0.29) is 0 Å². The number of rotatable bonds is 5. The molecule has 0 aliphatic carbocycles. The zero-order valence-electron chi connectivity index (χ0n) is 22.8. The molecule has 0 N–H and O–H groups in total. The lowest BCUT2D eigenvalue weighted by Crippen LogP contribution is -2.10. The van der Waals surface area contributed by atoms with Crippen LogP contribution in [0.2, 0.25) is 0 Å². The smallest absolute Gasteiger partial charge is 0.153 e. The number of nitrogens with zero attached hydrogens (tertiary/aromatic N) is 2. The fraction of sp³-hybridized carbons (Fsp3) is 0. The maximum Gasteiger partial charge on any atom is 0.153 e. The molecule has 0 radical (unpaired) electrons. The molecule has 0 saturated carbocycles. The van der Waals surface area contributed by atoms with E-state index in [4.69, 9.17) is 4.42 Å². The van der Waals surface area contributed by atoms with Gasteiger partial charge >= 0.3 is 0 Å². The van der Waals surface area contributed by atoms with Crippen LogP contribution in [0, 0.1) is 0 Å². The van der Waals surface area contributed by atoms with Gasteiger partial charge in [-0.15, -0.1) is 0 Å². The van der Waals surface area contributed by atoms with Crippen LogP contribution in [0.25, 0.3) is 55.0 Å². The summed E-state index contributed by atoms with van der Waals surface area (Å²) in [5.74, 6) is 0. The zero-order valence-corrected chi connectivity index (χ0v) is 22.8. The van der Waals surface area contributed by atoms with Crippen molar-refractivity contribution in [1.82, 2.24) is 4.98 Å². The summed E-state index contributed by atoms with van der Waals surface area (Å²) < 4.78 is 6.37. The molecule has 0 saturated heterocycles. The van der Waals surface area contributed by atoms with Gasteiger partial charge in [-0.2, -0.15) is 0 Å². The third-order valence-corrected chi connectivity index (χ3v) is 7.94. The van der Waals surface area contributed by atoms with Crippen molar-refractivity contribution >= 4 is 49.8 Å². The first-order valence-electron chi connectivity index (χ1n) is 14.1. The lowest BCUT2D eigenvalue weighted by atomic mass is 10.0. The lowest BCUT2D eigenvalue weighted by molar-refractivity contribution is 0.670. The molecule has 3 heteroatoms. The molecule has 2 heterocycles. The molecule has 2 aromatic heterocycles. The number of benzene rings is 6. The van der Waals surface area contributed by atoms with E-state index in [1.807, 2.05) is 12.3 Å². The van der Waals surface area contributed by atoms with E-state index in [0.717, 1.165) is 49.8 Å². The first kappa shape index (κ1) is 24.2. The van der Waals surface area contributed by atoms with Crippen LogP contribution < -0.4 is 4.90 Å². The SMILES string of the molecule is c1ccc(-c2ccc(N(c3cccc(-c4ccccc4)c3)c3ccc4ccc5c6ccncc6oc5c4c3)cc2)cc1. The summed E-state index contributed by atoms with van der Waals surface area (Å²) in [6.07, 6.45) is 3.61. The second-order valence-electron chi connectivity index (χ2n) is 10.5. The topological polar surface area (TPSA) is 29.3 Å². The number of pyridine rings is 1. The molecule has 8 aromatic rings. The van der Waals surface area contributed by atoms with E-state index in [2.05, 4.69) is 149 Å². The number of furan rings is 1. The Hall–Kier alpha value is -5.67. The monoisotopic (exact) mass is 538 g/mol. The van der Waals surface area contributed by atoms with E-state index in [0.29, 0.717) is 0 Å². The van der Waals surface area contributed by atoms with Gasteiger partial charge in [-0.1, -0.05) is 97.1 Å². The summed E-state index contributed by atoms with van der Waals surface area (Å²) >= 11 is 0. The van der Waals surface area contributed by atoms with Crippen LogP contribution >= 0.6 is 0 Å². The predicted octanol–water partition coefficient (Wildman–Crippen LogP) is 10.9. The number of fused-ring (bicyclic) bond motifs is 5. The van der Waals surface area contributed by atoms with E-state index < -0.39 is 0 Å². The van der Waals surface area contributed by atoms with Crippen molar-refractivity contribution in [2.45, 2.75) is 0 Å². The highest BCUT2D eigenvalue weighted by molar-refractivity contribution is 6.15. The van der Waals surface area contributed by atoms with Gasteiger partial charge < -0.3 is 9.32 Å². The van der Waals surface area contributed by atoms with Crippen LogP contribution in [0.15, 0.2) is 162 Å². The highest BCUT2D eigenvalue weighted by Gasteiger charge is 2.17. The van der Waals surface area contributed by atoms with Crippen molar-refractivity contribution in [3.05, 3.63) is 158 Å². The molecule has 0 bridgehead atoms. The minimum Gasteiger partial charge on any atom is -0.454 e. The Morgan fingerprint density at radius 1 is 0.452 bits per heavy atom. The molecule has 3 nitrogen and oxygen atoms in total. The van der Waals surface area contributed by atoms with Crippen LogP contribution in [-0.4, -0.2) is 4.98 Å². The highest BCUT2D eigenvalue weighted by atomic mass is 16.3. The fourth-order valence-electron chi connectivity index (χ4n) is 5.87. The molecule has 0 fully saturated rings. The van der Waals surface area contributed by atoms with Gasteiger partial charge in [-0.25, -0.2) is 0 Å². The van der Waals surface area contributed by atoms with E-state index in [1.165, 1.54) is 22.3 Å². The van der Waals surface area contributed by atoms with Gasteiger partial charge in [-0.3, -0.25) is 4.98 Å². The number of hydrogen-bond acceptors (Lipinski definition) is 3. The lowest BCUT2D eigenvalue weighted by Gasteiger charge is -2.26. The van der Waals surface area contributed by atoms with Gasteiger partial charge in [0, 0.05) is 39.4 Å². The van der Waals surface area contributed by atoms with Crippen LogP contribution in [0.1, 0.15) is 0 Å². The van der Waals surface area contributed by atoms with Gasteiger partial charge in [0.2, 0.25) is 0 Å². The Morgan fingerprint density at radius 3 is 1.88 bits per heavy atom. The van der Waals surface area contributed by atoms with Crippen molar-refractivity contribution in [2.75, 3.05) is 4.90 Å². The van der Waals surface area contributed by atoms with Gasteiger partial charge in [-0.05, 0) is 76.2 Å². The van der Waals surface area contributed by atoms with Crippen molar-refractivity contribution in [2.24, 2.45) is 0 Å².